The van der Waals surface area contributed by atoms with Gasteiger partial charge in [0, 0.05) is 68.2 Å². The van der Waals surface area contributed by atoms with E-state index in [1.165, 1.54) is 11.1 Å². The van der Waals surface area contributed by atoms with Crippen molar-refractivity contribution >= 4 is 68.2 Å². The SMILES string of the molecule is CC(C)(C)c1ccc(N(c2ccccc2)c2ccc(-c3ccc(N(c4ccccc4)c4ccc(-c5ccc(N(c6ccccc6)c6ccc(-c7ccc(N(c8ccccc8)c8ccc(C(C)(C)C)cc8)cc7)cc6)cc5)cc4)cc3)cc2)cc1. The molecule has 410 valence electrons. The van der Waals surface area contributed by atoms with Crippen LogP contribution in [0.3, 0.4) is 0 Å². The van der Waals surface area contributed by atoms with Gasteiger partial charge >= 0.3 is 0 Å². The first-order valence-corrected chi connectivity index (χ1v) is 29.1. The Morgan fingerprint density at radius 1 is 0.155 bits per heavy atom. The van der Waals surface area contributed by atoms with Gasteiger partial charge in [-0.1, -0.05) is 211 Å². The van der Waals surface area contributed by atoms with Crippen LogP contribution >= 0.6 is 0 Å². The second-order valence-corrected chi connectivity index (χ2v) is 23.6. The van der Waals surface area contributed by atoms with Gasteiger partial charge in [0.25, 0.3) is 0 Å². The molecule has 0 atom stereocenters. The molecule has 0 heterocycles. The molecule has 0 amide bonds. The maximum Gasteiger partial charge on any atom is 0.0462 e. The molecule has 0 radical (unpaired) electrons. The minimum atomic E-state index is 0.0849. The van der Waals surface area contributed by atoms with E-state index >= 15 is 0 Å². The Balaban J connectivity index is 0.765. The van der Waals surface area contributed by atoms with Crippen LogP contribution in [0.25, 0.3) is 33.4 Å². The summed E-state index contributed by atoms with van der Waals surface area (Å²) in [6.07, 6.45) is 0. The van der Waals surface area contributed by atoms with Crippen molar-refractivity contribution in [2.75, 3.05) is 19.6 Å². The standard InChI is InChI=1S/C80H70N4/c1-79(2,3)65-39-55-77(56-40-65)83(69-23-15-9-16-24-69)75-51-35-63(36-52-75)61-31-47-73(48-32-61)81(67-19-11-7-12-20-67)71-43-27-59(28-44-71)60-29-45-72(46-30-60)82(68-21-13-8-14-22-68)74-49-33-62(34-50-74)64-37-53-76(54-38-64)84(70-25-17-10-18-26-70)78-57-41-66(42-58-78)80(4,5)6/h7-58H,1-6H3. The number of hydrogen-bond acceptors (Lipinski definition) is 4. The Morgan fingerprint density at radius 3 is 0.429 bits per heavy atom. The fourth-order valence-electron chi connectivity index (χ4n) is 11.1. The zero-order valence-electron chi connectivity index (χ0n) is 48.8. The third-order valence-electron chi connectivity index (χ3n) is 15.8. The second kappa shape index (κ2) is 23.7. The Kier molecular flexibility index (Phi) is 15.4. The molecule has 0 aliphatic carbocycles. The minimum Gasteiger partial charge on any atom is -0.311 e. The molecule has 0 aliphatic heterocycles. The highest BCUT2D eigenvalue weighted by molar-refractivity contribution is 5.85. The zero-order valence-corrected chi connectivity index (χ0v) is 48.8. The summed E-state index contributed by atoms with van der Waals surface area (Å²) in [6, 6.07) is 114. The van der Waals surface area contributed by atoms with Crippen LogP contribution in [0.1, 0.15) is 52.7 Å². The zero-order chi connectivity index (χ0) is 57.6. The van der Waals surface area contributed by atoms with E-state index in [9.17, 15) is 0 Å². The first kappa shape index (κ1) is 54.4. The molecule has 0 N–H and O–H groups in total. The molecule has 0 saturated heterocycles. The molecule has 0 aromatic heterocycles. The van der Waals surface area contributed by atoms with Gasteiger partial charge in [0.05, 0.1) is 0 Å². The molecule has 12 rings (SSSR count). The lowest BCUT2D eigenvalue weighted by molar-refractivity contribution is 0.590. The summed E-state index contributed by atoms with van der Waals surface area (Å²) in [5, 5.41) is 0. The van der Waals surface area contributed by atoms with E-state index < -0.39 is 0 Å². The average molecular weight is 1090 g/mol. The maximum absolute atomic E-state index is 2.33. The highest BCUT2D eigenvalue weighted by atomic mass is 15.2. The lowest BCUT2D eigenvalue weighted by Gasteiger charge is -2.27. The maximum atomic E-state index is 2.33. The van der Waals surface area contributed by atoms with Crippen molar-refractivity contribution in [2.24, 2.45) is 0 Å². The van der Waals surface area contributed by atoms with Crippen molar-refractivity contribution in [2.45, 2.75) is 52.4 Å². The van der Waals surface area contributed by atoms with Gasteiger partial charge in [0.15, 0.2) is 0 Å². The number of anilines is 12. The molecule has 4 heteroatoms. The van der Waals surface area contributed by atoms with Crippen LogP contribution in [0.2, 0.25) is 0 Å². The first-order valence-electron chi connectivity index (χ1n) is 29.1. The van der Waals surface area contributed by atoms with E-state index in [2.05, 4.69) is 377 Å². The van der Waals surface area contributed by atoms with Gasteiger partial charge in [-0.2, -0.15) is 0 Å². The molecule has 4 nitrogen and oxygen atoms in total. The minimum absolute atomic E-state index is 0.0849. The normalized spacial score (nSPS) is 11.5. The van der Waals surface area contributed by atoms with Gasteiger partial charge in [-0.15, -0.1) is 0 Å². The first-order chi connectivity index (χ1) is 40.9. The second-order valence-electron chi connectivity index (χ2n) is 23.6. The predicted molar refractivity (Wildman–Crippen MR) is 359 cm³/mol. The van der Waals surface area contributed by atoms with Crippen LogP contribution in [0.4, 0.5) is 68.2 Å². The van der Waals surface area contributed by atoms with Crippen molar-refractivity contribution in [3.8, 4) is 33.4 Å². The molecular formula is C80H70N4. The molecule has 0 spiro atoms. The summed E-state index contributed by atoms with van der Waals surface area (Å²) < 4.78 is 0. The van der Waals surface area contributed by atoms with Crippen LogP contribution in [0.5, 0.6) is 0 Å². The molecule has 0 fully saturated rings. The Labute approximate surface area is 497 Å². The monoisotopic (exact) mass is 1090 g/mol. The van der Waals surface area contributed by atoms with Crippen LogP contribution in [0.15, 0.2) is 315 Å². The van der Waals surface area contributed by atoms with Gasteiger partial charge in [-0.25, -0.2) is 0 Å². The summed E-state index contributed by atoms with van der Waals surface area (Å²) in [7, 11) is 0. The van der Waals surface area contributed by atoms with Gasteiger partial charge < -0.3 is 19.6 Å². The van der Waals surface area contributed by atoms with Crippen LogP contribution in [0, 0.1) is 0 Å². The number of hydrogen-bond donors (Lipinski definition) is 0. The smallest absolute Gasteiger partial charge is 0.0462 e. The molecule has 12 aromatic rings. The molecule has 0 aliphatic rings. The largest absolute Gasteiger partial charge is 0.311 e. The van der Waals surface area contributed by atoms with Crippen LogP contribution in [-0.2, 0) is 10.8 Å². The Morgan fingerprint density at radius 2 is 0.286 bits per heavy atom. The highest BCUT2D eigenvalue weighted by Crippen LogP contribution is 2.42. The Bertz CT molecular complexity index is 3770. The number of para-hydroxylation sites is 4. The fraction of sp³-hybridized carbons (Fsp3) is 0.100. The third-order valence-corrected chi connectivity index (χ3v) is 15.8. The van der Waals surface area contributed by atoms with Crippen molar-refractivity contribution in [3.05, 3.63) is 327 Å². The lowest BCUT2D eigenvalue weighted by atomic mass is 9.87. The molecule has 0 unspecified atom stereocenters. The van der Waals surface area contributed by atoms with Crippen LogP contribution < -0.4 is 19.6 Å². The predicted octanol–water partition coefficient (Wildman–Crippen LogP) is 23.2. The number of benzene rings is 12. The van der Waals surface area contributed by atoms with Gasteiger partial charge in [-0.3, -0.25) is 0 Å². The topological polar surface area (TPSA) is 13.0 Å². The van der Waals surface area contributed by atoms with E-state index in [0.29, 0.717) is 0 Å². The van der Waals surface area contributed by atoms with Crippen LogP contribution in [-0.4, -0.2) is 0 Å². The molecule has 84 heavy (non-hydrogen) atoms. The summed E-state index contributed by atoms with van der Waals surface area (Å²) >= 11 is 0. The summed E-state index contributed by atoms with van der Waals surface area (Å²) in [5.41, 5.74) is 23.0. The average Bonchev–Trinajstić information content (AvgIpc) is 3.70. The van der Waals surface area contributed by atoms with Crippen molar-refractivity contribution < 1.29 is 0 Å². The van der Waals surface area contributed by atoms with Crippen molar-refractivity contribution in [1.29, 1.82) is 0 Å². The number of nitrogens with zero attached hydrogens (tertiary/aromatic N) is 4. The molecule has 12 aromatic carbocycles. The van der Waals surface area contributed by atoms with Gasteiger partial charge in [0.1, 0.15) is 0 Å². The van der Waals surface area contributed by atoms with E-state index in [1.54, 1.807) is 0 Å². The van der Waals surface area contributed by atoms with E-state index in [4.69, 9.17) is 0 Å². The summed E-state index contributed by atoms with van der Waals surface area (Å²) in [4.78, 5) is 9.31. The fourth-order valence-corrected chi connectivity index (χ4v) is 11.1. The third kappa shape index (κ3) is 11.9. The van der Waals surface area contributed by atoms with E-state index in [0.717, 1.165) is 102 Å². The molecular weight excluding hydrogens is 1020 g/mol. The van der Waals surface area contributed by atoms with Gasteiger partial charge in [0.2, 0.25) is 0 Å². The lowest BCUT2D eigenvalue weighted by Crippen LogP contribution is -2.13. The van der Waals surface area contributed by atoms with E-state index in [-0.39, 0.29) is 10.8 Å². The van der Waals surface area contributed by atoms with Gasteiger partial charge in [-0.05, 0) is 201 Å². The molecule has 0 bridgehead atoms. The van der Waals surface area contributed by atoms with Crippen molar-refractivity contribution in [3.63, 3.8) is 0 Å². The van der Waals surface area contributed by atoms with E-state index in [1.807, 2.05) is 0 Å². The highest BCUT2D eigenvalue weighted by Gasteiger charge is 2.20. The number of rotatable bonds is 15. The van der Waals surface area contributed by atoms with Crippen molar-refractivity contribution in [1.82, 2.24) is 0 Å². The molecule has 0 saturated carbocycles. The quantitative estimate of drug-likeness (QED) is 0.101. The summed E-state index contributed by atoms with van der Waals surface area (Å²) in [5.74, 6) is 0. The Hall–Kier alpha value is -10.2. The summed E-state index contributed by atoms with van der Waals surface area (Å²) in [6.45, 7) is 13.6.